The number of hydrogen-bond acceptors (Lipinski definition) is 3. The quantitative estimate of drug-likeness (QED) is 0.369. The summed E-state index contributed by atoms with van der Waals surface area (Å²) >= 11 is 8.68. The van der Waals surface area contributed by atoms with E-state index in [0.717, 1.165) is 21.4 Å². The van der Waals surface area contributed by atoms with Gasteiger partial charge >= 0.3 is 0 Å². The van der Waals surface area contributed by atoms with Gasteiger partial charge in [0.05, 0.1) is 5.69 Å². The van der Waals surface area contributed by atoms with E-state index in [1.807, 2.05) is 12.1 Å². The topological polar surface area (TPSA) is 54.3 Å². The molecular formula is C23H24BrN3O2S. The van der Waals surface area contributed by atoms with Crippen molar-refractivity contribution in [3.8, 4) is 0 Å². The average Bonchev–Trinajstić information content (AvgIpc) is 3.00. The van der Waals surface area contributed by atoms with Crippen molar-refractivity contribution in [2.75, 3.05) is 4.90 Å². The molecule has 2 heterocycles. The van der Waals surface area contributed by atoms with Crippen molar-refractivity contribution in [1.82, 2.24) is 9.88 Å². The molecule has 1 aromatic heterocycles. The van der Waals surface area contributed by atoms with E-state index in [2.05, 4.69) is 45.7 Å². The van der Waals surface area contributed by atoms with Gasteiger partial charge in [-0.05, 0) is 80.9 Å². The molecule has 0 radical (unpaired) electrons. The zero-order chi connectivity index (χ0) is 21.4. The number of hydrogen-bond donors (Lipinski definition) is 1. The van der Waals surface area contributed by atoms with E-state index in [1.54, 1.807) is 18.2 Å². The van der Waals surface area contributed by atoms with Crippen LogP contribution in [0.2, 0.25) is 0 Å². The number of aryl methyl sites for hydroxylation is 1. The molecule has 0 bridgehead atoms. The molecule has 30 heavy (non-hydrogen) atoms. The molecule has 1 N–H and O–H groups in total. The largest absolute Gasteiger partial charge is 0.346 e. The Morgan fingerprint density at radius 2 is 1.77 bits per heavy atom. The molecule has 0 unspecified atom stereocenters. The monoisotopic (exact) mass is 485 g/mol. The van der Waals surface area contributed by atoms with Crippen molar-refractivity contribution in [1.29, 1.82) is 0 Å². The second-order valence-corrected chi connectivity index (χ2v) is 9.22. The number of benzene rings is 1. The van der Waals surface area contributed by atoms with Crippen LogP contribution in [0.5, 0.6) is 0 Å². The molecule has 4 rings (SSSR count). The van der Waals surface area contributed by atoms with Gasteiger partial charge in [-0.3, -0.25) is 19.8 Å². The zero-order valence-corrected chi connectivity index (χ0v) is 19.5. The molecular weight excluding hydrogens is 462 g/mol. The summed E-state index contributed by atoms with van der Waals surface area (Å²) in [4.78, 5) is 27.2. The van der Waals surface area contributed by atoms with E-state index in [9.17, 15) is 9.59 Å². The van der Waals surface area contributed by atoms with E-state index in [4.69, 9.17) is 12.2 Å². The standard InChI is InChI=1S/C23H24BrN3O2S/c1-14-12-16(15(2)26(14)18-6-4-3-5-7-18)13-20-21(28)25-23(30)27(22(20)29)19-10-8-17(24)9-11-19/h8-13,18H,3-7H2,1-2H3,(H,25,28,30)/b20-13-. The number of aromatic nitrogens is 1. The molecule has 0 spiro atoms. The molecule has 2 aliphatic rings. The van der Waals surface area contributed by atoms with Gasteiger partial charge in [0.2, 0.25) is 0 Å². The first kappa shape index (κ1) is 21.0. The summed E-state index contributed by atoms with van der Waals surface area (Å²) in [6, 6.07) is 9.81. The lowest BCUT2D eigenvalue weighted by Gasteiger charge is -2.29. The Morgan fingerprint density at radius 1 is 1.10 bits per heavy atom. The third-order valence-electron chi connectivity index (χ3n) is 5.95. The Hall–Kier alpha value is -2.25. The molecule has 0 atom stereocenters. The highest BCUT2D eigenvalue weighted by molar-refractivity contribution is 9.10. The van der Waals surface area contributed by atoms with E-state index in [-0.39, 0.29) is 10.7 Å². The van der Waals surface area contributed by atoms with Crippen LogP contribution in [-0.2, 0) is 9.59 Å². The third kappa shape index (κ3) is 3.88. The number of carbonyl (C=O) groups excluding carboxylic acids is 2. The van der Waals surface area contributed by atoms with Gasteiger partial charge in [0, 0.05) is 21.9 Å². The van der Waals surface area contributed by atoms with Gasteiger partial charge in [-0.15, -0.1) is 0 Å². The Labute approximate surface area is 190 Å². The van der Waals surface area contributed by atoms with Crippen molar-refractivity contribution < 1.29 is 9.59 Å². The van der Waals surface area contributed by atoms with Gasteiger partial charge in [-0.25, -0.2) is 0 Å². The van der Waals surface area contributed by atoms with Crippen molar-refractivity contribution in [2.24, 2.45) is 0 Å². The molecule has 1 aliphatic carbocycles. The minimum atomic E-state index is -0.458. The van der Waals surface area contributed by atoms with Crippen LogP contribution in [-0.4, -0.2) is 21.5 Å². The van der Waals surface area contributed by atoms with Crippen LogP contribution < -0.4 is 10.2 Å². The first-order chi connectivity index (χ1) is 14.4. The molecule has 2 amide bonds. The highest BCUT2D eigenvalue weighted by atomic mass is 79.9. The average molecular weight is 486 g/mol. The second kappa shape index (κ2) is 8.47. The van der Waals surface area contributed by atoms with Crippen LogP contribution in [0.3, 0.4) is 0 Å². The lowest BCUT2D eigenvalue weighted by Crippen LogP contribution is -2.54. The molecule has 1 saturated carbocycles. The predicted octanol–water partition coefficient (Wildman–Crippen LogP) is 5.20. The Balaban J connectivity index is 1.70. The van der Waals surface area contributed by atoms with Crippen LogP contribution >= 0.6 is 28.1 Å². The van der Waals surface area contributed by atoms with E-state index < -0.39 is 11.8 Å². The van der Waals surface area contributed by atoms with Crippen LogP contribution in [0.1, 0.15) is 55.1 Å². The van der Waals surface area contributed by atoms with Crippen LogP contribution in [0, 0.1) is 13.8 Å². The number of nitrogens with zero attached hydrogens (tertiary/aromatic N) is 2. The summed E-state index contributed by atoms with van der Waals surface area (Å²) in [7, 11) is 0. The maximum absolute atomic E-state index is 13.2. The highest BCUT2D eigenvalue weighted by Crippen LogP contribution is 2.33. The summed E-state index contributed by atoms with van der Waals surface area (Å²) in [6.07, 6.45) is 7.85. The maximum atomic E-state index is 13.2. The molecule has 1 aromatic carbocycles. The number of nitrogens with one attached hydrogen (secondary N) is 1. The SMILES string of the molecule is Cc1cc(/C=C2/C(=O)NC(=S)N(c3ccc(Br)cc3)C2=O)c(C)n1C1CCCCC1. The maximum Gasteiger partial charge on any atom is 0.270 e. The lowest BCUT2D eigenvalue weighted by molar-refractivity contribution is -0.122. The number of halogens is 1. The van der Waals surface area contributed by atoms with Gasteiger partial charge in [-0.1, -0.05) is 35.2 Å². The highest BCUT2D eigenvalue weighted by Gasteiger charge is 2.34. The fraction of sp³-hybridized carbons (Fsp3) is 0.348. The van der Waals surface area contributed by atoms with Gasteiger partial charge in [0.25, 0.3) is 11.8 Å². The molecule has 7 heteroatoms. The number of thiocarbonyl (C=S) groups is 1. The Morgan fingerprint density at radius 3 is 2.43 bits per heavy atom. The number of amides is 2. The first-order valence-electron chi connectivity index (χ1n) is 10.2. The first-order valence-corrected chi connectivity index (χ1v) is 11.4. The predicted molar refractivity (Wildman–Crippen MR) is 126 cm³/mol. The van der Waals surface area contributed by atoms with Crippen molar-refractivity contribution in [3.05, 3.63) is 57.3 Å². The van der Waals surface area contributed by atoms with Crippen molar-refractivity contribution >= 4 is 56.8 Å². The minimum Gasteiger partial charge on any atom is -0.346 e. The Bertz CT molecular complexity index is 1050. The molecule has 2 fully saturated rings. The number of carbonyl (C=O) groups is 2. The zero-order valence-electron chi connectivity index (χ0n) is 17.1. The van der Waals surface area contributed by atoms with Gasteiger partial charge < -0.3 is 4.57 Å². The smallest absolute Gasteiger partial charge is 0.270 e. The van der Waals surface area contributed by atoms with Gasteiger partial charge in [0.1, 0.15) is 5.57 Å². The molecule has 156 valence electrons. The molecule has 1 aliphatic heterocycles. The fourth-order valence-corrected chi connectivity index (χ4v) is 5.03. The van der Waals surface area contributed by atoms with Crippen LogP contribution in [0.15, 0.2) is 40.4 Å². The van der Waals surface area contributed by atoms with E-state index >= 15 is 0 Å². The van der Waals surface area contributed by atoms with Gasteiger partial charge in [0.15, 0.2) is 5.11 Å². The van der Waals surface area contributed by atoms with Crippen LogP contribution in [0.25, 0.3) is 6.08 Å². The summed E-state index contributed by atoms with van der Waals surface area (Å²) in [5.74, 6) is -0.866. The normalized spacial score (nSPS) is 19.5. The summed E-state index contributed by atoms with van der Waals surface area (Å²) < 4.78 is 3.27. The molecule has 5 nitrogen and oxygen atoms in total. The van der Waals surface area contributed by atoms with Gasteiger partial charge in [-0.2, -0.15) is 0 Å². The summed E-state index contributed by atoms with van der Waals surface area (Å²) in [5, 5.41) is 2.75. The molecule has 2 aromatic rings. The third-order valence-corrected chi connectivity index (χ3v) is 6.76. The van der Waals surface area contributed by atoms with Crippen LogP contribution in [0.4, 0.5) is 5.69 Å². The summed E-state index contributed by atoms with van der Waals surface area (Å²) in [6.45, 7) is 4.16. The Kier molecular flexibility index (Phi) is 5.93. The van der Waals surface area contributed by atoms with Crippen molar-refractivity contribution in [3.63, 3.8) is 0 Å². The van der Waals surface area contributed by atoms with Crippen molar-refractivity contribution in [2.45, 2.75) is 52.0 Å². The lowest BCUT2D eigenvalue weighted by atomic mass is 9.95. The number of rotatable bonds is 3. The van der Waals surface area contributed by atoms with E-state index in [1.165, 1.54) is 37.0 Å². The second-order valence-electron chi connectivity index (χ2n) is 7.92. The van der Waals surface area contributed by atoms with E-state index in [0.29, 0.717) is 11.7 Å². The minimum absolute atomic E-state index is 0.0930. The fourth-order valence-electron chi connectivity index (χ4n) is 4.49. The molecule has 1 saturated heterocycles. The number of anilines is 1. The summed E-state index contributed by atoms with van der Waals surface area (Å²) in [5.41, 5.74) is 3.87.